The Morgan fingerprint density at radius 3 is 1.33 bits per heavy atom. The van der Waals surface area contributed by atoms with Crippen LogP contribution in [-0.4, -0.2) is 53.0 Å². The molecule has 0 fully saturated rings. The number of amides is 3. The first kappa shape index (κ1) is 27.8. The highest BCUT2D eigenvalue weighted by Crippen LogP contribution is 2.10. The van der Waals surface area contributed by atoms with Crippen LogP contribution in [0.1, 0.15) is 61.8 Å². The molecule has 174 valence electrons. The van der Waals surface area contributed by atoms with E-state index in [0.29, 0.717) is 0 Å². The Kier molecular flexibility index (Phi) is 11.6. The highest BCUT2D eigenvalue weighted by Gasteiger charge is 2.34. The van der Waals surface area contributed by atoms with Gasteiger partial charge in [-0.2, -0.15) is 0 Å². The second kappa shape index (κ2) is 12.5. The highest BCUT2D eigenvalue weighted by molar-refractivity contribution is 5.94. The zero-order valence-electron chi connectivity index (χ0n) is 19.5. The van der Waals surface area contributed by atoms with Crippen LogP contribution in [0.2, 0.25) is 0 Å². The van der Waals surface area contributed by atoms with Crippen molar-refractivity contribution in [3.63, 3.8) is 0 Å². The number of carboxylic acid groups (broad SMARTS) is 1. The molecular weight excluding hydrogens is 388 g/mol. The van der Waals surface area contributed by atoms with E-state index in [1.807, 2.05) is 13.8 Å². The lowest BCUT2D eigenvalue weighted by atomic mass is 9.96. The number of hydrogen-bond donors (Lipinski definition) is 5. The van der Waals surface area contributed by atoms with Crippen molar-refractivity contribution in [1.82, 2.24) is 16.0 Å². The number of carboxylic acids is 1. The van der Waals surface area contributed by atoms with E-state index in [-0.39, 0.29) is 23.7 Å². The van der Waals surface area contributed by atoms with Crippen LogP contribution in [0.4, 0.5) is 0 Å². The third-order valence-corrected chi connectivity index (χ3v) is 5.28. The molecule has 0 rings (SSSR count). The molecule has 0 bridgehead atoms. The Hall–Kier alpha value is -2.16. The van der Waals surface area contributed by atoms with Gasteiger partial charge in [0.2, 0.25) is 17.7 Å². The molecule has 6 N–H and O–H groups in total. The average Bonchev–Trinajstić information content (AvgIpc) is 2.65. The molecule has 0 heterocycles. The van der Waals surface area contributed by atoms with E-state index in [1.165, 1.54) is 0 Å². The number of carbonyl (C=O) groups excluding carboxylic acids is 3. The number of aliphatic carboxylic acids is 1. The van der Waals surface area contributed by atoms with Crippen LogP contribution in [0.15, 0.2) is 0 Å². The number of nitrogens with two attached hydrogens (primary N) is 1. The minimum absolute atomic E-state index is 0.0425. The van der Waals surface area contributed by atoms with Gasteiger partial charge in [0.15, 0.2) is 0 Å². The molecule has 5 atom stereocenters. The molecule has 0 aliphatic heterocycles. The molecule has 3 amide bonds. The van der Waals surface area contributed by atoms with E-state index in [4.69, 9.17) is 5.73 Å². The average molecular weight is 429 g/mol. The van der Waals surface area contributed by atoms with Gasteiger partial charge in [-0.3, -0.25) is 14.4 Å². The minimum Gasteiger partial charge on any atom is -0.480 e. The van der Waals surface area contributed by atoms with Crippen molar-refractivity contribution >= 4 is 23.7 Å². The quantitative estimate of drug-likeness (QED) is 0.311. The lowest BCUT2D eigenvalue weighted by molar-refractivity contribution is -0.144. The summed E-state index contributed by atoms with van der Waals surface area (Å²) in [5.41, 5.74) is 5.97. The third-order valence-electron chi connectivity index (χ3n) is 5.28. The Morgan fingerprint density at radius 2 is 1.03 bits per heavy atom. The Bertz CT molecular complexity index is 606. The van der Waals surface area contributed by atoms with Crippen LogP contribution in [0.3, 0.4) is 0 Å². The topological polar surface area (TPSA) is 151 Å². The normalized spacial score (nSPS) is 16.5. The molecule has 9 nitrogen and oxygen atoms in total. The lowest BCUT2D eigenvalue weighted by Crippen LogP contribution is -2.60. The van der Waals surface area contributed by atoms with Gasteiger partial charge in [-0.1, -0.05) is 61.8 Å². The van der Waals surface area contributed by atoms with Gasteiger partial charge in [0.05, 0.1) is 6.04 Å². The predicted octanol–water partition coefficient (Wildman–Crippen LogP) is 0.867. The summed E-state index contributed by atoms with van der Waals surface area (Å²) >= 11 is 0. The fourth-order valence-electron chi connectivity index (χ4n) is 2.83. The van der Waals surface area contributed by atoms with Crippen LogP contribution >= 0.6 is 0 Å². The van der Waals surface area contributed by atoms with Gasteiger partial charge in [0.25, 0.3) is 0 Å². The van der Waals surface area contributed by atoms with E-state index in [2.05, 4.69) is 16.0 Å². The van der Waals surface area contributed by atoms with Crippen molar-refractivity contribution in [3.8, 4) is 0 Å². The molecule has 0 aromatic carbocycles. The van der Waals surface area contributed by atoms with Crippen molar-refractivity contribution in [2.45, 2.75) is 86.0 Å². The summed E-state index contributed by atoms with van der Waals surface area (Å²) in [6.07, 6.45) is 0.726. The molecule has 0 spiro atoms. The molecule has 30 heavy (non-hydrogen) atoms. The molecule has 0 aliphatic carbocycles. The van der Waals surface area contributed by atoms with Crippen LogP contribution in [0, 0.1) is 23.7 Å². The van der Waals surface area contributed by atoms with E-state index >= 15 is 0 Å². The fraction of sp³-hybridized carbons (Fsp3) is 0.810. The molecule has 0 radical (unpaired) electrons. The van der Waals surface area contributed by atoms with Crippen molar-refractivity contribution in [1.29, 1.82) is 0 Å². The fourth-order valence-corrected chi connectivity index (χ4v) is 2.83. The SMILES string of the molecule is CCC(C)C(N)C(=O)NC(C(=O)NC(C(=O)NC(C(=O)O)C(C)C)C(C)C)C(C)C. The first-order valence-electron chi connectivity index (χ1n) is 10.6. The van der Waals surface area contributed by atoms with E-state index in [1.54, 1.807) is 41.5 Å². The van der Waals surface area contributed by atoms with E-state index in [9.17, 15) is 24.3 Å². The summed E-state index contributed by atoms with van der Waals surface area (Å²) in [5.74, 6) is -3.55. The maximum absolute atomic E-state index is 12.9. The second-order valence-electron chi connectivity index (χ2n) is 8.94. The minimum atomic E-state index is -1.14. The first-order valence-corrected chi connectivity index (χ1v) is 10.6. The van der Waals surface area contributed by atoms with Crippen LogP contribution in [-0.2, 0) is 19.2 Å². The molecular formula is C21H40N4O5. The van der Waals surface area contributed by atoms with Crippen molar-refractivity contribution in [2.24, 2.45) is 29.4 Å². The summed E-state index contributed by atoms with van der Waals surface area (Å²) in [7, 11) is 0. The monoisotopic (exact) mass is 428 g/mol. The van der Waals surface area contributed by atoms with Gasteiger partial charge in [-0.05, 0) is 23.7 Å². The maximum atomic E-state index is 12.9. The Balaban J connectivity index is 5.39. The summed E-state index contributed by atoms with van der Waals surface area (Å²) in [6, 6.07) is -3.62. The largest absolute Gasteiger partial charge is 0.480 e. The van der Waals surface area contributed by atoms with Gasteiger partial charge in [-0.25, -0.2) is 4.79 Å². The summed E-state index contributed by atoms with van der Waals surface area (Å²) in [6.45, 7) is 14.2. The van der Waals surface area contributed by atoms with Gasteiger partial charge in [0, 0.05) is 0 Å². The van der Waals surface area contributed by atoms with Crippen molar-refractivity contribution in [3.05, 3.63) is 0 Å². The summed E-state index contributed by atoms with van der Waals surface area (Å²) < 4.78 is 0. The van der Waals surface area contributed by atoms with Crippen LogP contribution in [0.25, 0.3) is 0 Å². The zero-order chi connectivity index (χ0) is 23.8. The molecule has 0 aromatic heterocycles. The summed E-state index contributed by atoms with van der Waals surface area (Å²) in [5, 5.41) is 17.2. The van der Waals surface area contributed by atoms with Crippen LogP contribution < -0.4 is 21.7 Å². The first-order chi connectivity index (χ1) is 13.7. The number of rotatable bonds is 12. The van der Waals surface area contributed by atoms with E-state index in [0.717, 1.165) is 6.42 Å². The zero-order valence-corrected chi connectivity index (χ0v) is 19.5. The molecule has 0 aromatic rings. The molecule has 9 heteroatoms. The van der Waals surface area contributed by atoms with Crippen molar-refractivity contribution in [2.75, 3.05) is 0 Å². The lowest BCUT2D eigenvalue weighted by Gasteiger charge is -2.29. The van der Waals surface area contributed by atoms with E-state index < -0.39 is 47.9 Å². The molecule has 0 saturated carbocycles. The maximum Gasteiger partial charge on any atom is 0.326 e. The van der Waals surface area contributed by atoms with Gasteiger partial charge >= 0.3 is 5.97 Å². The van der Waals surface area contributed by atoms with Gasteiger partial charge in [-0.15, -0.1) is 0 Å². The molecule has 0 saturated heterocycles. The van der Waals surface area contributed by atoms with Crippen molar-refractivity contribution < 1.29 is 24.3 Å². The third kappa shape index (κ3) is 8.30. The Morgan fingerprint density at radius 1 is 0.700 bits per heavy atom. The van der Waals surface area contributed by atoms with Crippen LogP contribution in [0.5, 0.6) is 0 Å². The predicted molar refractivity (Wildman–Crippen MR) is 115 cm³/mol. The van der Waals surface area contributed by atoms with Gasteiger partial charge < -0.3 is 26.8 Å². The molecule has 5 unspecified atom stereocenters. The van der Waals surface area contributed by atoms with Gasteiger partial charge in [0.1, 0.15) is 18.1 Å². The number of carbonyl (C=O) groups is 4. The smallest absolute Gasteiger partial charge is 0.326 e. The standard InChI is InChI=1S/C21H40N4O5/c1-9-13(8)14(22)18(26)23-15(10(2)3)19(27)24-16(11(4)5)20(28)25-17(12(6)7)21(29)30/h10-17H,9,22H2,1-8H3,(H,23,26)(H,24,27)(H,25,28)(H,29,30). The molecule has 0 aliphatic rings. The summed E-state index contributed by atoms with van der Waals surface area (Å²) in [4.78, 5) is 49.4. The number of hydrogen-bond acceptors (Lipinski definition) is 5. The highest BCUT2D eigenvalue weighted by atomic mass is 16.4. The number of nitrogens with one attached hydrogen (secondary N) is 3. The second-order valence-corrected chi connectivity index (χ2v) is 8.94. The Labute approximate surface area is 179 Å².